The molecule has 0 saturated carbocycles. The summed E-state index contributed by atoms with van der Waals surface area (Å²) in [6.07, 6.45) is 1.89. The molecule has 32 heavy (non-hydrogen) atoms. The van der Waals surface area contributed by atoms with Gasteiger partial charge in [-0.1, -0.05) is 40.6 Å². The van der Waals surface area contributed by atoms with Crippen LogP contribution in [0.2, 0.25) is 10.0 Å². The first kappa shape index (κ1) is 23.3. The maximum absolute atomic E-state index is 12.5. The van der Waals surface area contributed by atoms with Crippen molar-refractivity contribution in [2.45, 2.75) is 36.7 Å². The molecule has 0 unspecified atom stereocenters. The molecule has 0 aliphatic carbocycles. The van der Waals surface area contributed by atoms with Gasteiger partial charge < -0.3 is 9.64 Å². The quantitative estimate of drug-likeness (QED) is 0.433. The lowest BCUT2D eigenvalue weighted by Crippen LogP contribution is -2.41. The van der Waals surface area contributed by atoms with E-state index < -0.39 is 9.84 Å². The highest BCUT2D eigenvalue weighted by molar-refractivity contribution is 7.91. The summed E-state index contributed by atoms with van der Waals surface area (Å²) in [6.45, 7) is 1.16. The molecule has 1 amide bonds. The molecule has 0 N–H and O–H groups in total. The van der Waals surface area contributed by atoms with Crippen LogP contribution in [0.4, 0.5) is 0 Å². The van der Waals surface area contributed by atoms with E-state index >= 15 is 0 Å². The summed E-state index contributed by atoms with van der Waals surface area (Å²) in [7, 11) is -3.43. The second kappa shape index (κ2) is 9.95. The number of aromatic nitrogens is 1. The van der Waals surface area contributed by atoms with Gasteiger partial charge in [-0.25, -0.2) is 13.4 Å². The Labute approximate surface area is 201 Å². The number of fused-ring (bicyclic) bond motifs is 1. The number of benzene rings is 2. The number of amides is 1. The van der Waals surface area contributed by atoms with Crippen molar-refractivity contribution in [3.05, 3.63) is 52.5 Å². The number of hydrogen-bond acceptors (Lipinski definition) is 6. The van der Waals surface area contributed by atoms with Crippen LogP contribution in [0.3, 0.4) is 0 Å². The number of ether oxygens (including phenoxy) is 1. The molecule has 1 saturated heterocycles. The Balaban J connectivity index is 1.23. The third kappa shape index (κ3) is 5.54. The Hall–Kier alpha value is -1.87. The Morgan fingerprint density at radius 3 is 2.53 bits per heavy atom. The van der Waals surface area contributed by atoms with Crippen LogP contribution in [-0.2, 0) is 14.6 Å². The zero-order chi connectivity index (χ0) is 22.7. The van der Waals surface area contributed by atoms with Crippen molar-refractivity contribution in [1.82, 2.24) is 9.88 Å². The zero-order valence-electron chi connectivity index (χ0n) is 17.2. The summed E-state index contributed by atoms with van der Waals surface area (Å²) < 4.78 is 31.8. The number of hydrogen-bond donors (Lipinski definition) is 0. The van der Waals surface area contributed by atoms with Crippen LogP contribution >= 0.6 is 34.5 Å². The molecular weight excluding hydrogens is 491 g/mol. The lowest BCUT2D eigenvalue weighted by molar-refractivity contribution is -0.133. The molecule has 2 aromatic carbocycles. The van der Waals surface area contributed by atoms with E-state index in [0.717, 1.165) is 10.2 Å². The highest BCUT2D eigenvalue weighted by Gasteiger charge is 2.25. The molecule has 3 aromatic rings. The molecule has 4 rings (SSSR count). The SMILES string of the molecule is O=C(CCCS(=O)(=O)c1ccc(Cl)cc1)N1CCC(Oc2nc3c(Cl)cccc3s2)CC1. The minimum atomic E-state index is -3.43. The first-order valence-corrected chi connectivity index (χ1v) is 13.5. The number of para-hydroxylation sites is 1. The zero-order valence-corrected chi connectivity index (χ0v) is 20.3. The normalized spacial score (nSPS) is 15.2. The molecule has 0 bridgehead atoms. The molecule has 0 atom stereocenters. The summed E-state index contributed by atoms with van der Waals surface area (Å²) >= 11 is 13.5. The maximum atomic E-state index is 12.5. The van der Waals surface area contributed by atoms with Crippen molar-refractivity contribution >= 4 is 60.5 Å². The van der Waals surface area contributed by atoms with Crippen molar-refractivity contribution in [2.75, 3.05) is 18.8 Å². The van der Waals surface area contributed by atoms with E-state index in [4.69, 9.17) is 27.9 Å². The summed E-state index contributed by atoms with van der Waals surface area (Å²) in [5, 5.41) is 1.68. The molecule has 6 nitrogen and oxygen atoms in total. The molecule has 1 fully saturated rings. The number of sulfone groups is 1. The van der Waals surface area contributed by atoms with E-state index in [0.29, 0.717) is 41.2 Å². The Morgan fingerprint density at radius 2 is 1.84 bits per heavy atom. The van der Waals surface area contributed by atoms with Crippen LogP contribution in [0, 0.1) is 0 Å². The molecule has 1 aliphatic heterocycles. The fraction of sp³-hybridized carbons (Fsp3) is 0.364. The van der Waals surface area contributed by atoms with E-state index in [1.807, 2.05) is 12.1 Å². The van der Waals surface area contributed by atoms with E-state index in [1.165, 1.54) is 23.5 Å². The lowest BCUT2D eigenvalue weighted by Gasteiger charge is -2.31. The second-order valence-electron chi connectivity index (χ2n) is 7.64. The molecule has 1 aromatic heterocycles. The van der Waals surface area contributed by atoms with Gasteiger partial charge in [0.05, 0.1) is 20.4 Å². The van der Waals surface area contributed by atoms with E-state index in [2.05, 4.69) is 4.98 Å². The van der Waals surface area contributed by atoms with Gasteiger partial charge in [0.2, 0.25) is 5.91 Å². The smallest absolute Gasteiger partial charge is 0.274 e. The number of nitrogens with zero attached hydrogens (tertiary/aromatic N) is 2. The van der Waals surface area contributed by atoms with E-state index in [-0.39, 0.29) is 35.5 Å². The van der Waals surface area contributed by atoms with E-state index in [1.54, 1.807) is 23.1 Å². The largest absolute Gasteiger partial charge is 0.467 e. The predicted molar refractivity (Wildman–Crippen MR) is 128 cm³/mol. The van der Waals surface area contributed by atoms with E-state index in [9.17, 15) is 13.2 Å². The van der Waals surface area contributed by atoms with Crippen molar-refractivity contribution < 1.29 is 17.9 Å². The number of rotatable bonds is 7. The van der Waals surface area contributed by atoms with Crippen LogP contribution in [0.25, 0.3) is 10.2 Å². The Bertz CT molecular complexity index is 1200. The fourth-order valence-electron chi connectivity index (χ4n) is 3.64. The van der Waals surface area contributed by atoms with Crippen LogP contribution < -0.4 is 4.74 Å². The highest BCUT2D eigenvalue weighted by Crippen LogP contribution is 2.33. The molecule has 1 aliphatic rings. The number of carbonyl (C=O) groups excluding carboxylic acids is 1. The summed E-state index contributed by atoms with van der Waals surface area (Å²) in [5.41, 5.74) is 0.746. The van der Waals surface area contributed by atoms with Gasteiger partial charge in [-0.3, -0.25) is 4.79 Å². The molecule has 170 valence electrons. The van der Waals surface area contributed by atoms with Gasteiger partial charge in [-0.05, 0) is 42.8 Å². The lowest BCUT2D eigenvalue weighted by atomic mass is 10.1. The topological polar surface area (TPSA) is 76.6 Å². The van der Waals surface area contributed by atoms with Crippen molar-refractivity contribution in [1.29, 1.82) is 0 Å². The summed E-state index contributed by atoms with van der Waals surface area (Å²) in [6, 6.07) is 11.7. The number of likely N-dealkylation sites (tertiary alicyclic amines) is 1. The molecule has 0 radical (unpaired) electrons. The monoisotopic (exact) mass is 512 g/mol. The van der Waals surface area contributed by atoms with Gasteiger partial charge in [0, 0.05) is 37.4 Å². The van der Waals surface area contributed by atoms with Crippen LogP contribution in [0.1, 0.15) is 25.7 Å². The second-order valence-corrected chi connectivity index (χ2v) is 11.6. The molecule has 0 spiro atoms. The van der Waals surface area contributed by atoms with Crippen molar-refractivity contribution in [3.63, 3.8) is 0 Å². The third-order valence-corrected chi connectivity index (χ3v) is 8.67. The van der Waals surface area contributed by atoms with Crippen LogP contribution in [0.15, 0.2) is 47.4 Å². The average molecular weight is 513 g/mol. The summed E-state index contributed by atoms with van der Waals surface area (Å²) in [5.74, 6) is -0.0957. The van der Waals surface area contributed by atoms with Gasteiger partial charge in [0.25, 0.3) is 5.19 Å². The van der Waals surface area contributed by atoms with Crippen LogP contribution in [0.5, 0.6) is 5.19 Å². The summed E-state index contributed by atoms with van der Waals surface area (Å²) in [4.78, 5) is 19.0. The number of halogens is 2. The number of carbonyl (C=O) groups is 1. The minimum absolute atomic E-state index is 0.0105. The standard InChI is InChI=1S/C22H22Cl2N2O4S2/c23-15-6-8-17(9-7-15)32(28,29)14-2-5-20(27)26-12-10-16(11-13-26)30-22-25-21-18(24)3-1-4-19(21)31-22/h1,3-4,6-9,16H,2,5,10-14H2. The first-order valence-electron chi connectivity index (χ1n) is 10.3. The van der Waals surface area contributed by atoms with Gasteiger partial charge in [0.1, 0.15) is 11.6 Å². The van der Waals surface area contributed by atoms with Crippen molar-refractivity contribution in [3.8, 4) is 5.19 Å². The fourth-order valence-corrected chi connectivity index (χ4v) is 6.26. The van der Waals surface area contributed by atoms with Gasteiger partial charge in [-0.15, -0.1) is 0 Å². The van der Waals surface area contributed by atoms with Crippen molar-refractivity contribution in [2.24, 2.45) is 0 Å². The number of piperidine rings is 1. The Kier molecular flexibility index (Phi) is 7.24. The molecule has 2 heterocycles. The van der Waals surface area contributed by atoms with Gasteiger partial charge in [0.15, 0.2) is 9.84 Å². The molecular formula is C22H22Cl2N2O4S2. The molecule has 10 heteroatoms. The minimum Gasteiger partial charge on any atom is -0.467 e. The third-order valence-electron chi connectivity index (χ3n) is 5.39. The highest BCUT2D eigenvalue weighted by atomic mass is 35.5. The predicted octanol–water partition coefficient (Wildman–Crippen LogP) is 5.23. The van der Waals surface area contributed by atoms with Gasteiger partial charge >= 0.3 is 0 Å². The first-order chi connectivity index (χ1) is 15.3. The maximum Gasteiger partial charge on any atom is 0.274 e. The van der Waals surface area contributed by atoms with Gasteiger partial charge in [-0.2, -0.15) is 0 Å². The van der Waals surface area contributed by atoms with Crippen LogP contribution in [-0.4, -0.2) is 49.2 Å². The number of thiazole rings is 1. The average Bonchev–Trinajstić information content (AvgIpc) is 3.18. The Morgan fingerprint density at radius 1 is 1.12 bits per heavy atom.